The Hall–Kier alpha value is -0.930. The Bertz CT molecular complexity index is 589. The molecule has 22 heavy (non-hydrogen) atoms. The third-order valence-corrected chi connectivity index (χ3v) is 16.6. The van der Waals surface area contributed by atoms with Gasteiger partial charge in [0.2, 0.25) is 0 Å². The molecular formula is C18H22IO2P. The van der Waals surface area contributed by atoms with Crippen LogP contribution in [-0.4, -0.2) is 25.4 Å². The molecule has 0 N–H and O–H groups in total. The summed E-state index contributed by atoms with van der Waals surface area (Å²) in [5, 5.41) is 2.71. The number of halogens is 1. The van der Waals surface area contributed by atoms with E-state index in [1.807, 2.05) is 12.1 Å². The molecule has 0 amide bonds. The van der Waals surface area contributed by atoms with Gasteiger partial charge in [-0.2, -0.15) is 0 Å². The molecule has 0 radical (unpaired) electrons. The van der Waals surface area contributed by atoms with Gasteiger partial charge in [0, 0.05) is 0 Å². The molecule has 0 unspecified atom stereocenters. The summed E-state index contributed by atoms with van der Waals surface area (Å²) in [7, 11) is 1.46. The molecule has 0 atom stereocenters. The van der Waals surface area contributed by atoms with E-state index in [0.29, 0.717) is 6.42 Å². The van der Waals surface area contributed by atoms with Gasteiger partial charge in [0.05, 0.1) is 0 Å². The van der Waals surface area contributed by atoms with Crippen molar-refractivity contribution in [2.45, 2.75) is 13.3 Å². The fraction of sp³-hybridized carbons (Fsp3) is 0.278. The van der Waals surface area contributed by atoms with Crippen LogP contribution in [0, 0.1) is 0 Å². The summed E-state index contributed by atoms with van der Waals surface area (Å²) >= 11 is 2.68. The van der Waals surface area contributed by atoms with Crippen molar-refractivity contribution < 1.29 is 9.53 Å². The van der Waals surface area contributed by atoms with E-state index in [2.05, 4.69) is 77.5 Å². The Morgan fingerprint density at radius 3 is 1.82 bits per heavy atom. The van der Waals surface area contributed by atoms with Crippen LogP contribution in [0.25, 0.3) is 0 Å². The predicted molar refractivity (Wildman–Crippen MR) is 105 cm³/mol. The summed E-state index contributed by atoms with van der Waals surface area (Å²) in [4.78, 5) is 11.8. The van der Waals surface area contributed by atoms with Gasteiger partial charge >= 0.3 is 146 Å². The minimum atomic E-state index is -2.43. The molecule has 4 heteroatoms. The number of esters is 1. The first-order valence-corrected chi connectivity index (χ1v) is 12.8. The van der Waals surface area contributed by atoms with Gasteiger partial charge < -0.3 is 0 Å². The number of ether oxygens (including phenoxy) is 1. The van der Waals surface area contributed by atoms with Gasteiger partial charge in [0.15, 0.2) is 0 Å². The molecule has 0 saturated heterocycles. The van der Waals surface area contributed by atoms with Crippen molar-refractivity contribution in [3.63, 3.8) is 0 Å². The van der Waals surface area contributed by atoms with E-state index in [1.54, 1.807) is 0 Å². The fourth-order valence-electron chi connectivity index (χ4n) is 2.90. The molecule has 0 aliphatic carbocycles. The summed E-state index contributed by atoms with van der Waals surface area (Å²) < 4.78 is 2.46. The number of carbonyl (C=O) groups excluding carboxylic acids is 1. The van der Waals surface area contributed by atoms with Crippen molar-refractivity contribution in [1.29, 1.82) is 0 Å². The maximum atomic E-state index is 11.8. The molecule has 0 aliphatic heterocycles. The molecule has 0 fully saturated rings. The Morgan fingerprint density at radius 2 is 1.45 bits per heavy atom. The molecular weight excluding hydrogens is 406 g/mol. The third kappa shape index (κ3) is 3.21. The van der Waals surface area contributed by atoms with Crippen LogP contribution in [0.1, 0.15) is 13.3 Å². The normalized spacial score (nSPS) is 13.1. The van der Waals surface area contributed by atoms with Crippen molar-refractivity contribution in [1.82, 2.24) is 0 Å². The predicted octanol–water partition coefficient (Wildman–Crippen LogP) is 4.12. The summed E-state index contributed by atoms with van der Waals surface area (Å²) in [6.45, 7) is 2.24. The topological polar surface area (TPSA) is 26.3 Å². The first kappa shape index (κ1) is 17.4. The summed E-state index contributed by atoms with van der Waals surface area (Å²) in [5.74, 6) is -0.133. The average Bonchev–Trinajstić information content (AvgIpc) is 2.61. The molecule has 0 spiro atoms. The van der Waals surface area contributed by atoms with Gasteiger partial charge in [-0.1, -0.05) is 0 Å². The van der Waals surface area contributed by atoms with Crippen molar-refractivity contribution in [3.05, 3.63) is 60.7 Å². The molecule has 0 aliphatic rings. The Labute approximate surface area is 145 Å². The molecule has 0 aromatic heterocycles. The summed E-state index contributed by atoms with van der Waals surface area (Å²) in [6.07, 6.45) is 2.31. The van der Waals surface area contributed by atoms with Crippen LogP contribution in [0.4, 0.5) is 0 Å². The Morgan fingerprint density at radius 1 is 1.00 bits per heavy atom. The molecule has 2 aromatic rings. The van der Waals surface area contributed by atoms with E-state index in [9.17, 15) is 4.79 Å². The summed E-state index contributed by atoms with van der Waals surface area (Å²) in [5.41, 5.74) is 0. The molecule has 118 valence electrons. The van der Waals surface area contributed by atoms with Crippen molar-refractivity contribution in [3.8, 4) is 0 Å². The molecule has 0 bridgehead atoms. The van der Waals surface area contributed by atoms with Gasteiger partial charge in [-0.25, -0.2) is 0 Å². The average molecular weight is 428 g/mol. The molecule has 0 saturated carbocycles. The van der Waals surface area contributed by atoms with E-state index in [-0.39, 0.29) is 5.97 Å². The minimum absolute atomic E-state index is 0.133. The maximum absolute atomic E-state index is 11.8. The molecule has 2 rings (SSSR count). The zero-order valence-electron chi connectivity index (χ0n) is 13.0. The number of hydrogen-bond acceptors (Lipinski definition) is 2. The van der Waals surface area contributed by atoms with Crippen LogP contribution < -0.4 is 10.6 Å². The monoisotopic (exact) mass is 428 g/mol. The van der Waals surface area contributed by atoms with E-state index in [1.165, 1.54) is 17.7 Å². The van der Waals surface area contributed by atoms with Crippen LogP contribution in [-0.2, 0) is 9.53 Å². The van der Waals surface area contributed by atoms with Crippen LogP contribution in [0.15, 0.2) is 60.7 Å². The van der Waals surface area contributed by atoms with E-state index < -0.39 is 4.25 Å². The van der Waals surface area contributed by atoms with Crippen LogP contribution >= 0.6 is 26.3 Å². The van der Waals surface area contributed by atoms with Crippen molar-refractivity contribution in [2.75, 3.05) is 19.4 Å². The van der Waals surface area contributed by atoms with Crippen molar-refractivity contribution >= 4 is 42.9 Å². The number of carbonyl (C=O) groups is 1. The van der Waals surface area contributed by atoms with Gasteiger partial charge in [0.1, 0.15) is 0 Å². The second-order valence-corrected chi connectivity index (χ2v) is 17.3. The van der Waals surface area contributed by atoms with Gasteiger partial charge in [0.25, 0.3) is 0 Å². The Kier molecular flexibility index (Phi) is 5.62. The Balaban J connectivity index is 2.59. The number of hydrogen-bond donors (Lipinski definition) is 0. The first-order chi connectivity index (χ1) is 10.5. The van der Waals surface area contributed by atoms with Crippen LogP contribution in [0.5, 0.6) is 0 Å². The van der Waals surface area contributed by atoms with Crippen LogP contribution in [0.2, 0.25) is 0 Å². The van der Waals surface area contributed by atoms with E-state index >= 15 is 0 Å². The molecule has 0 heterocycles. The van der Waals surface area contributed by atoms with Gasteiger partial charge in [-0.15, -0.1) is 0 Å². The van der Waals surface area contributed by atoms with Gasteiger partial charge in [-0.3, -0.25) is 0 Å². The third-order valence-electron chi connectivity index (χ3n) is 4.37. The van der Waals surface area contributed by atoms with E-state index in [4.69, 9.17) is 4.74 Å². The quantitative estimate of drug-likeness (QED) is 0.393. The standard InChI is InChI=1S/C18H22IO2P/c1-3-22(19,15-14-18(20)21-2,16-10-6-4-7-11-16)17-12-8-5-9-13-17/h4-13H,3,14-15H2,1-2H3. The second kappa shape index (κ2) is 7.10. The number of methoxy groups -OCH3 is 1. The number of rotatable bonds is 6. The first-order valence-electron chi connectivity index (χ1n) is 7.45. The number of benzene rings is 2. The van der Waals surface area contributed by atoms with Gasteiger partial charge in [-0.05, 0) is 0 Å². The van der Waals surface area contributed by atoms with Crippen LogP contribution in [0.3, 0.4) is 0 Å². The zero-order chi connectivity index (χ0) is 16.1. The fourth-order valence-corrected chi connectivity index (χ4v) is 9.77. The second-order valence-electron chi connectivity index (χ2n) is 5.41. The van der Waals surface area contributed by atoms with Crippen molar-refractivity contribution in [2.24, 2.45) is 0 Å². The van der Waals surface area contributed by atoms with E-state index in [0.717, 1.165) is 12.3 Å². The molecule has 2 nitrogen and oxygen atoms in total. The summed E-state index contributed by atoms with van der Waals surface area (Å²) in [6, 6.07) is 21.3. The molecule has 2 aromatic carbocycles. The SMILES string of the molecule is CCP(I)(CCC(=O)OC)(c1ccccc1)c1ccccc1. The zero-order valence-corrected chi connectivity index (χ0v) is 16.1.